The van der Waals surface area contributed by atoms with Gasteiger partial charge in [0.25, 0.3) is 0 Å². The van der Waals surface area contributed by atoms with Crippen molar-refractivity contribution in [3.05, 3.63) is 72.9 Å². The van der Waals surface area contributed by atoms with E-state index in [4.69, 9.17) is 28.4 Å². The van der Waals surface area contributed by atoms with Gasteiger partial charge in [-0.3, -0.25) is 28.8 Å². The molecule has 0 fully saturated rings. The minimum Gasteiger partial charge on any atom is -0.462 e. The Morgan fingerprint density at radius 2 is 0.341 bits per heavy atom. The summed E-state index contributed by atoms with van der Waals surface area (Å²) in [4.78, 5) is 76.1. The Labute approximate surface area is 780 Å². The number of carbonyl (C=O) groups is 6. The molecule has 0 saturated heterocycles. The van der Waals surface area contributed by atoms with Crippen molar-refractivity contribution in [3.8, 4) is 0 Å². The fourth-order valence-corrected chi connectivity index (χ4v) is 15.8. The molecular formula is C114H208O12. The van der Waals surface area contributed by atoms with Crippen LogP contribution in [0, 0.1) is 0 Å². The maximum absolute atomic E-state index is 12.8. The van der Waals surface area contributed by atoms with Gasteiger partial charge < -0.3 is 28.4 Å². The summed E-state index contributed by atoms with van der Waals surface area (Å²) in [6, 6.07) is 0. The number of unbranched alkanes of at least 4 members (excludes halogenated alkanes) is 66. The van der Waals surface area contributed by atoms with E-state index in [0.717, 1.165) is 154 Å². The van der Waals surface area contributed by atoms with Gasteiger partial charge in [0.2, 0.25) is 0 Å². The number of esters is 6. The topological polar surface area (TPSA) is 158 Å². The Balaban J connectivity index is 0. The molecule has 0 saturated carbocycles. The summed E-state index contributed by atoms with van der Waals surface area (Å²) in [6.45, 7) is 13.3. The van der Waals surface area contributed by atoms with Gasteiger partial charge in [0.1, 0.15) is 26.4 Å². The molecule has 0 rings (SSSR count). The molecular weight excluding hydrogens is 1560 g/mol. The lowest BCUT2D eigenvalue weighted by molar-refractivity contribution is -0.167. The van der Waals surface area contributed by atoms with Crippen molar-refractivity contribution in [3.63, 3.8) is 0 Å². The predicted molar refractivity (Wildman–Crippen MR) is 540 cm³/mol. The third-order valence-electron chi connectivity index (χ3n) is 24.2. The molecule has 0 bridgehead atoms. The van der Waals surface area contributed by atoms with Gasteiger partial charge in [0.15, 0.2) is 12.2 Å². The van der Waals surface area contributed by atoms with Gasteiger partial charge in [-0.05, 0) is 193 Å². The molecule has 0 radical (unpaired) electrons. The molecule has 1 unspecified atom stereocenters. The molecule has 0 aliphatic heterocycles. The zero-order chi connectivity index (χ0) is 91.6. The summed E-state index contributed by atoms with van der Waals surface area (Å²) in [5.74, 6) is -1.79. The van der Waals surface area contributed by atoms with Crippen LogP contribution in [0.4, 0.5) is 0 Å². The van der Waals surface area contributed by atoms with Crippen LogP contribution in [0.15, 0.2) is 72.9 Å². The van der Waals surface area contributed by atoms with E-state index in [9.17, 15) is 28.8 Å². The van der Waals surface area contributed by atoms with Crippen LogP contribution >= 0.6 is 0 Å². The van der Waals surface area contributed by atoms with E-state index in [1.165, 1.54) is 347 Å². The van der Waals surface area contributed by atoms with Crippen molar-refractivity contribution in [1.82, 2.24) is 0 Å². The fourth-order valence-electron chi connectivity index (χ4n) is 15.8. The number of hydrogen-bond acceptors (Lipinski definition) is 12. The molecule has 0 N–H and O–H groups in total. The van der Waals surface area contributed by atoms with Gasteiger partial charge in [-0.1, -0.05) is 423 Å². The second-order valence-corrected chi connectivity index (χ2v) is 37.0. The fraction of sp³-hybridized carbons (Fsp3) is 0.842. The highest BCUT2D eigenvalue weighted by Gasteiger charge is 2.22. The van der Waals surface area contributed by atoms with Crippen molar-refractivity contribution in [2.45, 2.75) is 593 Å². The molecule has 0 heterocycles. The summed E-state index contributed by atoms with van der Waals surface area (Å²) in [7, 11) is 0. The quantitative estimate of drug-likeness (QED) is 0.0246. The lowest BCUT2D eigenvalue weighted by Gasteiger charge is -2.18. The maximum Gasteiger partial charge on any atom is 0.306 e. The highest BCUT2D eigenvalue weighted by Crippen LogP contribution is 2.21. The van der Waals surface area contributed by atoms with Crippen molar-refractivity contribution in [2.24, 2.45) is 0 Å². The van der Waals surface area contributed by atoms with Gasteiger partial charge in [0.05, 0.1) is 0 Å². The molecule has 0 aliphatic rings. The molecule has 1 atom stereocenters. The Hall–Kier alpha value is -4.74. The van der Waals surface area contributed by atoms with Crippen LogP contribution in [0.3, 0.4) is 0 Å². The highest BCUT2D eigenvalue weighted by molar-refractivity contribution is 5.72. The van der Waals surface area contributed by atoms with Gasteiger partial charge >= 0.3 is 35.8 Å². The number of ether oxygens (including phenoxy) is 6. The lowest BCUT2D eigenvalue weighted by Crippen LogP contribution is -2.30. The van der Waals surface area contributed by atoms with Crippen LogP contribution in [0.25, 0.3) is 0 Å². The summed E-state index contributed by atoms with van der Waals surface area (Å²) >= 11 is 0. The van der Waals surface area contributed by atoms with Crippen molar-refractivity contribution < 1.29 is 57.2 Å². The van der Waals surface area contributed by atoms with Gasteiger partial charge in [-0.25, -0.2) is 0 Å². The van der Waals surface area contributed by atoms with Crippen LogP contribution in [-0.2, 0) is 57.2 Å². The first-order valence-corrected chi connectivity index (χ1v) is 55.0. The molecule has 0 aromatic carbocycles. The molecule has 0 aromatic heterocycles. The largest absolute Gasteiger partial charge is 0.462 e. The number of allylic oxidation sites excluding steroid dienone is 12. The zero-order valence-electron chi connectivity index (χ0n) is 84.2. The Bertz CT molecular complexity index is 2180. The molecule has 736 valence electrons. The average Bonchev–Trinajstić information content (AvgIpc) is 0.945. The molecule has 12 nitrogen and oxygen atoms in total. The van der Waals surface area contributed by atoms with Crippen LogP contribution in [0.2, 0.25) is 0 Å². The second kappa shape index (κ2) is 109. The third-order valence-corrected chi connectivity index (χ3v) is 24.2. The molecule has 12 heteroatoms. The number of rotatable bonds is 100. The van der Waals surface area contributed by atoms with E-state index in [1.807, 2.05) is 0 Å². The minimum absolute atomic E-state index is 0.0806. The van der Waals surface area contributed by atoms with Crippen LogP contribution < -0.4 is 0 Å². The molecule has 0 amide bonds. The lowest BCUT2D eigenvalue weighted by atomic mass is 10.1. The molecule has 0 aromatic rings. The average molecular weight is 1770 g/mol. The Kier molecular flexibility index (Phi) is 107. The second-order valence-electron chi connectivity index (χ2n) is 37.0. The third kappa shape index (κ3) is 106. The van der Waals surface area contributed by atoms with Crippen LogP contribution in [0.1, 0.15) is 581 Å². The van der Waals surface area contributed by atoms with Gasteiger partial charge in [-0.2, -0.15) is 0 Å². The first-order chi connectivity index (χ1) is 62.1. The molecule has 0 aliphatic carbocycles. The number of hydrogen-bond donors (Lipinski definition) is 0. The highest BCUT2D eigenvalue weighted by atomic mass is 16.8. The predicted octanol–water partition coefficient (Wildman–Crippen LogP) is 36.2. The van der Waals surface area contributed by atoms with E-state index in [-0.39, 0.29) is 62.2 Å². The van der Waals surface area contributed by atoms with E-state index in [2.05, 4.69) is 114 Å². The summed E-state index contributed by atoms with van der Waals surface area (Å²) in [5.41, 5.74) is 0. The summed E-state index contributed by atoms with van der Waals surface area (Å²) < 4.78 is 33.6. The van der Waals surface area contributed by atoms with Gasteiger partial charge in [-0.15, -0.1) is 0 Å². The van der Waals surface area contributed by atoms with Crippen molar-refractivity contribution >= 4 is 35.8 Å². The monoisotopic (exact) mass is 1770 g/mol. The van der Waals surface area contributed by atoms with Crippen molar-refractivity contribution in [2.75, 3.05) is 26.4 Å². The molecule has 126 heavy (non-hydrogen) atoms. The van der Waals surface area contributed by atoms with Gasteiger partial charge in [0, 0.05) is 38.5 Å². The molecule has 0 spiro atoms. The normalized spacial score (nSPS) is 12.0. The Morgan fingerprint density at radius 1 is 0.190 bits per heavy atom. The minimum atomic E-state index is -0.781. The smallest absolute Gasteiger partial charge is 0.306 e. The van der Waals surface area contributed by atoms with E-state index >= 15 is 0 Å². The SMILES string of the molecule is CCCCCCCC/C=C\CCCCCCCC(=O)OCC(COC(=O)CCCCCCC/C=C\CCCCCCCC)OC(=O)CCCCCCC/C=C\CCCCCCCC.CCCCCCCC/C=C\CCCCCCCC(=O)OCC(CO[14C](=O)CCCCCCC/C=C\CCCCCCCC)OC(=O)CCCCCCC/C=C\CCCCCCCC. The van der Waals surface area contributed by atoms with E-state index < -0.39 is 12.2 Å². The standard InChI is InChI=1S/2C57H104O6/c2*1-4-7-10-13-16-19-22-25-28-31-34-37-40-43-46-49-55(58)61-52-54(63-57(60)51-48-45-42-39-36-33-30-27-24-21-18-15-12-9-6-3)53-62-56(59)50-47-44-41-38-35-32-29-26-23-20-17-14-11-8-5-2/h2*25-30,54H,4-24,31-53H2,1-3H3/b2*28-25-,29-26-,30-27-/i55+2;. The summed E-state index contributed by atoms with van der Waals surface area (Å²) in [6.07, 6.45) is 122. The Morgan fingerprint density at radius 3 is 0.532 bits per heavy atom. The first kappa shape index (κ1) is 123. The van der Waals surface area contributed by atoms with Crippen LogP contribution in [-0.4, -0.2) is 74.5 Å². The summed E-state index contributed by atoms with van der Waals surface area (Å²) in [5, 5.41) is 0. The first-order valence-electron chi connectivity index (χ1n) is 55.0. The van der Waals surface area contributed by atoms with E-state index in [1.54, 1.807) is 0 Å². The van der Waals surface area contributed by atoms with Crippen LogP contribution in [0.5, 0.6) is 0 Å². The zero-order valence-corrected chi connectivity index (χ0v) is 84.2. The number of carbonyl (C=O) groups excluding carboxylic acids is 6. The van der Waals surface area contributed by atoms with E-state index in [0.29, 0.717) is 38.5 Å². The van der Waals surface area contributed by atoms with Crippen molar-refractivity contribution in [1.29, 1.82) is 0 Å². The maximum atomic E-state index is 12.8.